The highest BCUT2D eigenvalue weighted by molar-refractivity contribution is 4.98. The van der Waals surface area contributed by atoms with Crippen molar-refractivity contribution >= 4 is 0 Å². The molecule has 0 amide bonds. The van der Waals surface area contributed by atoms with Crippen molar-refractivity contribution < 1.29 is 0 Å². The van der Waals surface area contributed by atoms with Gasteiger partial charge in [0.2, 0.25) is 0 Å². The highest BCUT2D eigenvalue weighted by Gasteiger charge is 2.13. The first-order chi connectivity index (χ1) is 61.6. The van der Waals surface area contributed by atoms with Crippen molar-refractivity contribution in [2.75, 3.05) is 0 Å². The predicted molar refractivity (Wildman–Crippen MR) is 549 cm³/mol. The minimum absolute atomic E-state index is 0.635. The van der Waals surface area contributed by atoms with Crippen LogP contribution in [0.3, 0.4) is 0 Å². The van der Waals surface area contributed by atoms with Gasteiger partial charge in [-0.3, -0.25) is 9.36 Å². The van der Waals surface area contributed by atoms with E-state index in [-0.39, 0.29) is 0 Å². The first kappa shape index (κ1) is 121. The van der Waals surface area contributed by atoms with E-state index < -0.39 is 0 Å². The van der Waals surface area contributed by atoms with Crippen LogP contribution in [-0.4, -0.2) is 105 Å². The fourth-order valence-electron chi connectivity index (χ4n) is 15.3. The summed E-state index contributed by atoms with van der Waals surface area (Å²) in [7, 11) is 0. The number of hydrogen-bond donors (Lipinski definition) is 0. The van der Waals surface area contributed by atoms with Crippen molar-refractivity contribution in [2.45, 2.75) is 529 Å². The standard InChI is InChI=1S/5C16H31N3.2C14H27N3/c1-14(2)9-6-5-7-12-19-16(13-17-18-19)11-8-10-15(3)4;2*1-14(2)9-6-5-7-11-16-13-17-18-19(16)12-8-10-15(3)4;2*1-14(2)9-7-5-6-8-10-16-13-17-18-19(16)12-11-15(3)4;1-12(2)7-5-6-8-14-11-17(16-15-14)10-9-13(3)4;1-12(2)8-6-5-7-9-14-11-17(16-15-14)10-13(3)4/h5*13-15H,5-12H2,1-4H3;2*11-13H,5-10H2,1-4H3. The number of rotatable bonds is 66. The largest absolute Gasteiger partial charge is 0.252 e. The number of nitrogens with zero attached hydrogens (tertiary/aromatic N) is 21. The highest BCUT2D eigenvalue weighted by Crippen LogP contribution is 2.21. The van der Waals surface area contributed by atoms with Gasteiger partial charge in [0, 0.05) is 58.2 Å². The average Bonchev–Trinajstić information content (AvgIpc) is 1.78. The van der Waals surface area contributed by atoms with Crippen LogP contribution in [0.2, 0.25) is 0 Å². The van der Waals surface area contributed by atoms with Gasteiger partial charge < -0.3 is 0 Å². The summed E-state index contributed by atoms with van der Waals surface area (Å²) in [5, 5.41) is 58.1. The van der Waals surface area contributed by atoms with Gasteiger partial charge in [0.1, 0.15) is 0 Å². The molecule has 21 heteroatoms. The molecule has 7 aromatic heterocycles. The Morgan fingerprint density at radius 1 is 0.178 bits per heavy atom. The van der Waals surface area contributed by atoms with Gasteiger partial charge in [0.15, 0.2) is 0 Å². The summed E-state index contributed by atoms with van der Waals surface area (Å²) in [6.07, 6.45) is 71.1. The second kappa shape index (κ2) is 78.3. The molecule has 7 heterocycles. The van der Waals surface area contributed by atoms with Crippen LogP contribution >= 0.6 is 0 Å². The zero-order chi connectivity index (χ0) is 95.8. The van der Waals surface area contributed by atoms with Crippen molar-refractivity contribution in [3.8, 4) is 0 Å². The molecule has 0 bridgehead atoms. The Morgan fingerprint density at radius 3 is 0.690 bits per heavy atom. The third kappa shape index (κ3) is 72.2. The quantitative estimate of drug-likeness (QED) is 0.0324. The van der Waals surface area contributed by atoms with E-state index in [2.05, 4.69) is 302 Å². The maximum atomic E-state index is 4.22. The molecule has 0 spiro atoms. The van der Waals surface area contributed by atoms with Crippen LogP contribution in [0.4, 0.5) is 0 Å². The average molecular weight is 1800 g/mol. The van der Waals surface area contributed by atoms with Gasteiger partial charge in [-0.15, -0.1) is 35.7 Å². The third-order valence-corrected chi connectivity index (χ3v) is 23.7. The number of aromatic nitrogens is 21. The summed E-state index contributed by atoms with van der Waals surface area (Å²) in [6, 6.07) is 0. The van der Waals surface area contributed by atoms with Gasteiger partial charge in [0.25, 0.3) is 0 Å². The maximum Gasteiger partial charge on any atom is 0.0827 e. The van der Waals surface area contributed by atoms with E-state index in [9.17, 15) is 0 Å². The summed E-state index contributed by atoms with van der Waals surface area (Å²) in [5.74, 6) is 11.0. The highest BCUT2D eigenvalue weighted by atomic mass is 15.5. The monoisotopic (exact) mass is 1800 g/mol. The van der Waals surface area contributed by atoms with Gasteiger partial charge in [-0.2, -0.15) is 0 Å². The van der Waals surface area contributed by atoms with Crippen LogP contribution < -0.4 is 0 Å². The molecular weight excluding hydrogens is 1590 g/mol. The van der Waals surface area contributed by atoms with Crippen molar-refractivity contribution in [1.82, 2.24) is 105 Å². The third-order valence-electron chi connectivity index (χ3n) is 23.7. The zero-order valence-corrected chi connectivity index (χ0v) is 89.8. The summed E-state index contributed by atoms with van der Waals surface area (Å²) < 4.78 is 14.4. The van der Waals surface area contributed by atoms with Gasteiger partial charge in [-0.25, -0.2) is 23.4 Å². The van der Waals surface area contributed by atoms with Gasteiger partial charge >= 0.3 is 0 Å². The Bertz CT molecular complexity index is 3300. The molecule has 129 heavy (non-hydrogen) atoms. The SMILES string of the molecule is CC(C)CCCCCCc1cnnn1CCC(C)C.CC(C)CCCCCCc1cnnn1CCC(C)C.CC(C)CCCCCc1cn(CC(C)C)nn1.CC(C)CCCCCc1cnnn1CCCC(C)C.CC(C)CCCCCc1cnnn1CCCC(C)C.CC(C)CCCCCn1nncc1CCCC(C)C.CC(C)CCCCc1cn(CCC(C)C)nn1. The lowest BCUT2D eigenvalue weighted by Gasteiger charge is -2.08. The maximum absolute atomic E-state index is 4.22. The molecule has 0 aliphatic carbocycles. The Morgan fingerprint density at radius 2 is 0.388 bits per heavy atom. The molecular formula is C108H209N21. The fraction of sp³-hybridized carbons (Fsp3) is 0.870. The van der Waals surface area contributed by atoms with E-state index >= 15 is 0 Å². The van der Waals surface area contributed by atoms with E-state index in [0.717, 1.165) is 179 Å². The minimum Gasteiger partial charge on any atom is -0.252 e. The first-order valence-corrected chi connectivity index (χ1v) is 53.8. The normalized spacial score (nSPS) is 11.7. The number of unbranched alkanes of at least 4 members (excludes halogenated alkanes) is 15. The summed E-state index contributed by atoms with van der Waals surface area (Å²) in [5.41, 5.74) is 8.85. The molecule has 0 fully saturated rings. The topological polar surface area (TPSA) is 215 Å². The summed E-state index contributed by atoms with van der Waals surface area (Å²) in [6.45, 7) is 70.8. The lowest BCUT2D eigenvalue weighted by atomic mass is 10.0. The zero-order valence-electron chi connectivity index (χ0n) is 89.8. The van der Waals surface area contributed by atoms with Gasteiger partial charge in [-0.1, -0.05) is 378 Å². The lowest BCUT2D eigenvalue weighted by molar-refractivity contribution is 0.462. The van der Waals surface area contributed by atoms with E-state index in [0.29, 0.717) is 5.92 Å². The molecule has 0 saturated heterocycles. The lowest BCUT2D eigenvalue weighted by Crippen LogP contribution is -2.07. The Kier molecular flexibility index (Phi) is 73.5. The Labute approximate surface area is 795 Å². The van der Waals surface area contributed by atoms with E-state index in [4.69, 9.17) is 0 Å². The smallest absolute Gasteiger partial charge is 0.0827 e. The van der Waals surface area contributed by atoms with E-state index in [1.165, 1.54) is 272 Å². The van der Waals surface area contributed by atoms with Crippen molar-refractivity contribution in [3.63, 3.8) is 0 Å². The number of aryl methyl sites for hydroxylation is 13. The molecule has 0 aliphatic rings. The van der Waals surface area contributed by atoms with Crippen LogP contribution in [0.25, 0.3) is 0 Å². The second-order valence-electron chi connectivity index (χ2n) is 44.0. The van der Waals surface area contributed by atoms with Crippen molar-refractivity contribution in [3.05, 3.63) is 83.2 Å². The molecule has 746 valence electrons. The van der Waals surface area contributed by atoms with Crippen LogP contribution in [0.5, 0.6) is 0 Å². The molecule has 0 aliphatic heterocycles. The molecule has 0 N–H and O–H groups in total. The molecule has 7 rings (SSSR count). The minimum atomic E-state index is 0.635. The molecule has 0 atom stereocenters. The van der Waals surface area contributed by atoms with Gasteiger partial charge in [-0.05, 0) is 224 Å². The first-order valence-electron chi connectivity index (χ1n) is 53.8. The molecule has 0 saturated carbocycles. The van der Waals surface area contributed by atoms with Crippen LogP contribution in [0.1, 0.15) is 478 Å². The van der Waals surface area contributed by atoms with E-state index in [1.54, 1.807) is 0 Å². The Hall–Kier alpha value is -6.02. The molecule has 0 unspecified atom stereocenters. The number of hydrogen-bond acceptors (Lipinski definition) is 14. The fourth-order valence-corrected chi connectivity index (χ4v) is 15.3. The molecule has 21 nitrogen and oxygen atoms in total. The van der Waals surface area contributed by atoms with Crippen LogP contribution in [-0.2, 0) is 90.8 Å². The second-order valence-corrected chi connectivity index (χ2v) is 44.0. The molecule has 7 aromatic rings. The summed E-state index contributed by atoms with van der Waals surface area (Å²) >= 11 is 0. The summed E-state index contributed by atoms with van der Waals surface area (Å²) in [4.78, 5) is 0. The van der Waals surface area contributed by atoms with Crippen LogP contribution in [0.15, 0.2) is 43.4 Å². The molecule has 0 aromatic carbocycles. The Balaban J connectivity index is 0.000000753. The van der Waals surface area contributed by atoms with Gasteiger partial charge in [0.05, 0.1) is 70.8 Å². The van der Waals surface area contributed by atoms with E-state index in [1.807, 2.05) is 40.3 Å². The van der Waals surface area contributed by atoms with Crippen molar-refractivity contribution in [2.24, 2.45) is 82.9 Å². The molecule has 0 radical (unpaired) electrons. The van der Waals surface area contributed by atoms with Crippen LogP contribution in [0, 0.1) is 82.9 Å². The van der Waals surface area contributed by atoms with Crippen molar-refractivity contribution in [1.29, 1.82) is 0 Å². The predicted octanol–water partition coefficient (Wildman–Crippen LogP) is 29.8.